The van der Waals surface area contributed by atoms with Gasteiger partial charge in [-0.25, -0.2) is 0 Å². The first kappa shape index (κ1) is 12.0. The quantitative estimate of drug-likeness (QED) is 0.789. The van der Waals surface area contributed by atoms with Crippen LogP contribution in [0.2, 0.25) is 0 Å². The van der Waals surface area contributed by atoms with Crippen LogP contribution in [0.4, 0.5) is 0 Å². The van der Waals surface area contributed by atoms with Crippen LogP contribution >= 0.6 is 0 Å². The van der Waals surface area contributed by atoms with Crippen LogP contribution in [0.5, 0.6) is 0 Å². The first-order valence-electron chi connectivity index (χ1n) is 5.18. The smallest absolute Gasteiger partial charge is 0.0522 e. The molecule has 0 saturated carbocycles. The fourth-order valence-corrected chi connectivity index (χ4v) is 1.34. The summed E-state index contributed by atoms with van der Waals surface area (Å²) in [6.45, 7) is 4.77. The minimum atomic E-state index is -0.171. The van der Waals surface area contributed by atoms with Crippen LogP contribution < -0.4 is 5.73 Å². The maximum Gasteiger partial charge on any atom is 0.0522 e. The van der Waals surface area contributed by atoms with Crippen molar-refractivity contribution in [2.75, 3.05) is 13.2 Å². The molecular weight excluding hydrogens is 186 g/mol. The summed E-state index contributed by atoms with van der Waals surface area (Å²) in [5, 5.41) is 9.23. The van der Waals surface area contributed by atoms with E-state index >= 15 is 0 Å². The molecule has 15 heavy (non-hydrogen) atoms. The summed E-state index contributed by atoms with van der Waals surface area (Å²) in [5.74, 6) is 0. The Kier molecular flexibility index (Phi) is 4.06. The number of aliphatic hydroxyl groups is 1. The number of hydrogen-bond acceptors (Lipinski definition) is 2. The Balaban J connectivity index is 2.85. The molecule has 82 valence electrons. The molecule has 0 atom stereocenters. The Hall–Kier alpha value is -1.12. The zero-order valence-corrected chi connectivity index (χ0v) is 9.40. The molecule has 0 unspecified atom stereocenters. The SMILES string of the molecule is CC(C)(CO)c1ccc(/C=C/CN)cc1. The minimum Gasteiger partial charge on any atom is -0.395 e. The fraction of sp³-hybridized carbons (Fsp3) is 0.385. The monoisotopic (exact) mass is 205 g/mol. The van der Waals surface area contributed by atoms with Gasteiger partial charge in [0.2, 0.25) is 0 Å². The Morgan fingerprint density at radius 2 is 1.87 bits per heavy atom. The number of rotatable bonds is 4. The van der Waals surface area contributed by atoms with Crippen molar-refractivity contribution in [2.45, 2.75) is 19.3 Å². The molecule has 0 spiro atoms. The molecule has 0 aliphatic rings. The lowest BCUT2D eigenvalue weighted by Crippen LogP contribution is -2.21. The molecule has 0 aliphatic heterocycles. The summed E-state index contributed by atoms with van der Waals surface area (Å²) in [5.41, 5.74) is 7.49. The lowest BCUT2D eigenvalue weighted by molar-refractivity contribution is 0.218. The van der Waals surface area contributed by atoms with Crippen molar-refractivity contribution >= 4 is 6.08 Å². The first-order chi connectivity index (χ1) is 7.10. The van der Waals surface area contributed by atoms with Crippen LogP contribution in [0.1, 0.15) is 25.0 Å². The summed E-state index contributed by atoms with van der Waals surface area (Å²) in [6.07, 6.45) is 3.92. The average Bonchev–Trinajstić information content (AvgIpc) is 2.27. The predicted octanol–water partition coefficient (Wildman–Crippen LogP) is 1.93. The van der Waals surface area contributed by atoms with E-state index in [0.29, 0.717) is 6.54 Å². The number of benzene rings is 1. The molecule has 0 radical (unpaired) electrons. The predicted molar refractivity (Wildman–Crippen MR) is 64.6 cm³/mol. The van der Waals surface area contributed by atoms with Gasteiger partial charge in [-0.05, 0) is 11.1 Å². The number of nitrogens with two attached hydrogens (primary N) is 1. The van der Waals surface area contributed by atoms with Crippen molar-refractivity contribution in [3.8, 4) is 0 Å². The van der Waals surface area contributed by atoms with Crippen molar-refractivity contribution in [2.24, 2.45) is 5.73 Å². The maximum absolute atomic E-state index is 9.23. The van der Waals surface area contributed by atoms with Crippen molar-refractivity contribution in [3.05, 3.63) is 41.5 Å². The topological polar surface area (TPSA) is 46.2 Å². The van der Waals surface area contributed by atoms with Gasteiger partial charge in [0.15, 0.2) is 0 Å². The Bertz CT molecular complexity index is 325. The van der Waals surface area contributed by atoms with E-state index in [4.69, 9.17) is 5.73 Å². The second-order valence-corrected chi connectivity index (χ2v) is 4.30. The van der Waals surface area contributed by atoms with E-state index < -0.39 is 0 Å². The van der Waals surface area contributed by atoms with Gasteiger partial charge in [0.25, 0.3) is 0 Å². The third-order valence-corrected chi connectivity index (χ3v) is 2.53. The van der Waals surface area contributed by atoms with Gasteiger partial charge in [0, 0.05) is 12.0 Å². The zero-order valence-electron chi connectivity index (χ0n) is 9.40. The second kappa shape index (κ2) is 5.10. The van der Waals surface area contributed by atoms with Crippen LogP contribution in [0.25, 0.3) is 6.08 Å². The third kappa shape index (κ3) is 3.18. The number of hydrogen-bond donors (Lipinski definition) is 2. The molecule has 1 rings (SSSR count). The molecule has 2 heteroatoms. The number of aliphatic hydroxyl groups excluding tert-OH is 1. The fourth-order valence-electron chi connectivity index (χ4n) is 1.34. The second-order valence-electron chi connectivity index (χ2n) is 4.30. The largest absolute Gasteiger partial charge is 0.395 e. The summed E-state index contributed by atoms with van der Waals surface area (Å²) in [7, 11) is 0. The van der Waals surface area contributed by atoms with Crippen LogP contribution in [-0.4, -0.2) is 18.3 Å². The van der Waals surface area contributed by atoms with Gasteiger partial charge in [0.05, 0.1) is 6.61 Å². The van der Waals surface area contributed by atoms with Crippen molar-refractivity contribution in [3.63, 3.8) is 0 Å². The molecule has 0 aliphatic carbocycles. The van der Waals surface area contributed by atoms with Crippen molar-refractivity contribution < 1.29 is 5.11 Å². The van der Waals surface area contributed by atoms with Gasteiger partial charge in [-0.3, -0.25) is 0 Å². The van der Waals surface area contributed by atoms with E-state index in [-0.39, 0.29) is 12.0 Å². The van der Waals surface area contributed by atoms with Gasteiger partial charge < -0.3 is 10.8 Å². The molecular formula is C13H19NO. The minimum absolute atomic E-state index is 0.158. The van der Waals surface area contributed by atoms with Crippen LogP contribution in [0.3, 0.4) is 0 Å². The normalized spacial score (nSPS) is 12.3. The highest BCUT2D eigenvalue weighted by Gasteiger charge is 2.18. The molecule has 1 aromatic rings. The molecule has 0 amide bonds. The highest BCUT2D eigenvalue weighted by Crippen LogP contribution is 2.22. The van der Waals surface area contributed by atoms with E-state index in [2.05, 4.69) is 0 Å². The van der Waals surface area contributed by atoms with Gasteiger partial charge in [0.1, 0.15) is 0 Å². The van der Waals surface area contributed by atoms with E-state index in [9.17, 15) is 5.11 Å². The molecule has 0 saturated heterocycles. The molecule has 0 fully saturated rings. The van der Waals surface area contributed by atoms with Gasteiger partial charge in [-0.1, -0.05) is 50.3 Å². The zero-order chi connectivity index (χ0) is 11.3. The first-order valence-corrected chi connectivity index (χ1v) is 5.18. The Labute approximate surface area is 91.4 Å². The van der Waals surface area contributed by atoms with E-state index in [0.717, 1.165) is 11.1 Å². The van der Waals surface area contributed by atoms with Gasteiger partial charge in [-0.2, -0.15) is 0 Å². The van der Waals surface area contributed by atoms with E-state index in [1.54, 1.807) is 0 Å². The highest BCUT2D eigenvalue weighted by atomic mass is 16.3. The van der Waals surface area contributed by atoms with Crippen LogP contribution in [-0.2, 0) is 5.41 Å². The summed E-state index contributed by atoms with van der Waals surface area (Å²) >= 11 is 0. The Morgan fingerprint density at radius 1 is 1.27 bits per heavy atom. The van der Waals surface area contributed by atoms with Gasteiger partial charge in [-0.15, -0.1) is 0 Å². The lowest BCUT2D eigenvalue weighted by Gasteiger charge is -2.22. The third-order valence-electron chi connectivity index (χ3n) is 2.53. The average molecular weight is 205 g/mol. The maximum atomic E-state index is 9.23. The van der Waals surface area contributed by atoms with Crippen LogP contribution in [0.15, 0.2) is 30.3 Å². The summed E-state index contributed by atoms with van der Waals surface area (Å²) < 4.78 is 0. The van der Waals surface area contributed by atoms with E-state index in [1.165, 1.54) is 0 Å². The standard InChI is InChI=1S/C13H19NO/c1-13(2,10-15)12-7-5-11(6-8-12)4-3-9-14/h3-8,15H,9-10,14H2,1-2H3/b4-3+. The van der Waals surface area contributed by atoms with Crippen molar-refractivity contribution in [1.82, 2.24) is 0 Å². The summed E-state index contributed by atoms with van der Waals surface area (Å²) in [6, 6.07) is 8.18. The molecule has 0 bridgehead atoms. The molecule has 0 heterocycles. The van der Waals surface area contributed by atoms with Crippen LogP contribution in [0, 0.1) is 0 Å². The molecule has 3 N–H and O–H groups in total. The molecule has 2 nitrogen and oxygen atoms in total. The van der Waals surface area contributed by atoms with Crippen molar-refractivity contribution in [1.29, 1.82) is 0 Å². The highest BCUT2D eigenvalue weighted by molar-refractivity contribution is 5.50. The lowest BCUT2D eigenvalue weighted by atomic mass is 9.85. The van der Waals surface area contributed by atoms with Gasteiger partial charge >= 0.3 is 0 Å². The summed E-state index contributed by atoms with van der Waals surface area (Å²) in [4.78, 5) is 0. The molecule has 0 aromatic heterocycles. The Morgan fingerprint density at radius 3 is 2.33 bits per heavy atom. The molecule has 1 aromatic carbocycles. The van der Waals surface area contributed by atoms with E-state index in [1.807, 2.05) is 50.3 Å².